The zero-order valence-corrected chi connectivity index (χ0v) is 25.5. The van der Waals surface area contributed by atoms with Crippen LogP contribution >= 0.6 is 0 Å². The van der Waals surface area contributed by atoms with E-state index in [9.17, 15) is 28.0 Å². The molecule has 13 heteroatoms. The number of rotatable bonds is 7. The molecule has 238 valence electrons. The number of carbonyl (C=O) groups excluding carboxylic acids is 4. The molecule has 2 aromatic rings. The maximum atomic E-state index is 14.5. The van der Waals surface area contributed by atoms with Gasteiger partial charge in [0.1, 0.15) is 41.0 Å². The van der Waals surface area contributed by atoms with Crippen LogP contribution in [0.5, 0.6) is 0 Å². The lowest BCUT2D eigenvalue weighted by Gasteiger charge is -2.36. The molecule has 2 heterocycles. The summed E-state index contributed by atoms with van der Waals surface area (Å²) >= 11 is 0. The highest BCUT2D eigenvalue weighted by Gasteiger charge is 2.44. The summed E-state index contributed by atoms with van der Waals surface area (Å²) in [5.74, 6) is -4.29. The van der Waals surface area contributed by atoms with Gasteiger partial charge in [0.15, 0.2) is 0 Å². The Bertz CT molecular complexity index is 1400. The molecule has 4 N–H and O–H groups in total. The van der Waals surface area contributed by atoms with Crippen LogP contribution < -0.4 is 16.4 Å². The highest BCUT2D eigenvalue weighted by molar-refractivity contribution is 6.00. The fourth-order valence-corrected chi connectivity index (χ4v) is 5.32. The molecule has 2 aliphatic rings. The third-order valence-corrected chi connectivity index (χ3v) is 7.80. The highest BCUT2D eigenvalue weighted by atomic mass is 19.1. The molecule has 4 rings (SSSR count). The lowest BCUT2D eigenvalue weighted by atomic mass is 9.90. The Kier molecular flexibility index (Phi) is 9.77. The van der Waals surface area contributed by atoms with Crippen molar-refractivity contribution in [3.8, 4) is 0 Å². The summed E-state index contributed by atoms with van der Waals surface area (Å²) < 4.78 is 39.8. The first-order valence-electron chi connectivity index (χ1n) is 14.5. The number of benzene rings is 2. The van der Waals surface area contributed by atoms with Gasteiger partial charge >= 0.3 is 6.09 Å². The first kappa shape index (κ1) is 32.6. The van der Waals surface area contributed by atoms with Crippen LogP contribution in [0.15, 0.2) is 36.4 Å². The minimum absolute atomic E-state index is 0.0278. The van der Waals surface area contributed by atoms with E-state index in [1.165, 1.54) is 24.9 Å². The van der Waals surface area contributed by atoms with Crippen LogP contribution in [0.3, 0.4) is 0 Å². The van der Waals surface area contributed by atoms with Crippen molar-refractivity contribution in [1.29, 1.82) is 0 Å². The summed E-state index contributed by atoms with van der Waals surface area (Å²) in [6.07, 6.45) is 0.203. The second kappa shape index (κ2) is 13.2. The summed E-state index contributed by atoms with van der Waals surface area (Å²) in [5, 5.41) is 5.12. The number of nitrogens with two attached hydrogens (primary N) is 1. The normalized spacial score (nSPS) is 18.2. The van der Waals surface area contributed by atoms with Crippen LogP contribution in [0.4, 0.5) is 25.0 Å². The maximum absolute atomic E-state index is 14.5. The summed E-state index contributed by atoms with van der Waals surface area (Å²) in [6.45, 7) is 7.34. The van der Waals surface area contributed by atoms with Gasteiger partial charge < -0.3 is 30.7 Å². The number of fused-ring (bicyclic) bond motifs is 1. The molecular formula is C31H39F2N5O6. The van der Waals surface area contributed by atoms with Crippen molar-refractivity contribution in [3.05, 3.63) is 59.2 Å². The fraction of sp³-hybridized carbons (Fsp3) is 0.484. The number of para-hydroxylation sites is 1. The van der Waals surface area contributed by atoms with E-state index in [1.807, 2.05) is 0 Å². The number of ether oxygens (including phenoxy) is 2. The maximum Gasteiger partial charge on any atom is 0.410 e. The van der Waals surface area contributed by atoms with Gasteiger partial charge in [0.25, 0.3) is 5.91 Å². The van der Waals surface area contributed by atoms with E-state index in [0.717, 1.165) is 17.0 Å². The van der Waals surface area contributed by atoms with Gasteiger partial charge in [-0.25, -0.2) is 13.6 Å². The third kappa shape index (κ3) is 7.26. The molecule has 0 bridgehead atoms. The van der Waals surface area contributed by atoms with Crippen molar-refractivity contribution in [3.63, 3.8) is 0 Å². The van der Waals surface area contributed by atoms with Gasteiger partial charge in [0.05, 0.1) is 0 Å². The number of hydrogen-bond acceptors (Lipinski definition) is 7. The van der Waals surface area contributed by atoms with Crippen molar-refractivity contribution in [2.45, 2.75) is 70.8 Å². The predicted molar refractivity (Wildman–Crippen MR) is 158 cm³/mol. The molecule has 0 spiro atoms. The molecule has 2 aliphatic heterocycles. The Hall–Kier alpha value is -4.26. The van der Waals surface area contributed by atoms with E-state index in [0.29, 0.717) is 42.9 Å². The number of nitrogens with one attached hydrogen (secondary N) is 2. The number of hydrogen-bond donors (Lipinski definition) is 3. The van der Waals surface area contributed by atoms with Crippen LogP contribution in [0.1, 0.15) is 57.7 Å². The number of amides is 4. The van der Waals surface area contributed by atoms with Crippen molar-refractivity contribution < 1.29 is 37.4 Å². The molecule has 4 amide bonds. The Labute approximate surface area is 255 Å². The summed E-state index contributed by atoms with van der Waals surface area (Å²) in [4.78, 5) is 56.5. The average Bonchev–Trinajstić information content (AvgIpc) is 3.34. The van der Waals surface area contributed by atoms with Crippen molar-refractivity contribution in [2.75, 3.05) is 31.3 Å². The molecule has 3 atom stereocenters. The molecule has 2 aromatic carbocycles. The average molecular weight is 616 g/mol. The standard InChI is InChI=1S/C31H39F2N5O6/c1-17(37(5)30(42)44-31(2,3)4)27(39)35-24(18-11-13-43-14-12-18)29(41)38-16-19-15-20(34)9-10-21(19)26(38)28(40)36-25-22(32)7-6-8-23(25)33/h6-10,15,17-18,24,26H,11-14,16,34H2,1-5H3,(H,35,39)(H,36,40)/t17?,24?,26-/m0/s1. The largest absolute Gasteiger partial charge is 0.444 e. The topological polar surface area (TPSA) is 143 Å². The van der Waals surface area contributed by atoms with Crippen molar-refractivity contribution in [2.24, 2.45) is 5.92 Å². The Morgan fingerprint density at radius 1 is 1.09 bits per heavy atom. The van der Waals surface area contributed by atoms with Crippen LogP contribution in [0.25, 0.3) is 0 Å². The van der Waals surface area contributed by atoms with Gasteiger partial charge in [0.2, 0.25) is 11.8 Å². The molecule has 0 aromatic heterocycles. The predicted octanol–water partition coefficient (Wildman–Crippen LogP) is 3.74. The Balaban J connectivity index is 1.64. The fourth-order valence-electron chi connectivity index (χ4n) is 5.32. The molecule has 11 nitrogen and oxygen atoms in total. The summed E-state index contributed by atoms with van der Waals surface area (Å²) in [5.41, 5.74) is 6.01. The molecular weight excluding hydrogens is 576 g/mol. The van der Waals surface area contributed by atoms with Crippen molar-refractivity contribution >= 4 is 35.2 Å². The van der Waals surface area contributed by atoms with E-state index in [-0.39, 0.29) is 12.5 Å². The monoisotopic (exact) mass is 615 g/mol. The van der Waals surface area contributed by atoms with E-state index in [1.54, 1.807) is 39.0 Å². The number of likely N-dealkylation sites (N-methyl/N-ethyl adjacent to an activating group) is 1. The molecule has 0 radical (unpaired) electrons. The van der Waals surface area contributed by atoms with Gasteiger partial charge in [-0.05, 0) is 81.8 Å². The first-order valence-corrected chi connectivity index (χ1v) is 14.5. The molecule has 44 heavy (non-hydrogen) atoms. The lowest BCUT2D eigenvalue weighted by molar-refractivity contribution is -0.144. The van der Waals surface area contributed by atoms with Crippen LogP contribution in [0, 0.1) is 17.6 Å². The smallest absolute Gasteiger partial charge is 0.410 e. The lowest BCUT2D eigenvalue weighted by Crippen LogP contribution is -2.57. The molecule has 1 fully saturated rings. The molecule has 0 saturated carbocycles. The van der Waals surface area contributed by atoms with Gasteiger partial charge in [-0.15, -0.1) is 0 Å². The molecule has 2 unspecified atom stereocenters. The van der Waals surface area contributed by atoms with Crippen LogP contribution in [0.2, 0.25) is 0 Å². The second-order valence-corrected chi connectivity index (χ2v) is 12.1. The number of anilines is 2. The Morgan fingerprint density at radius 2 is 1.73 bits per heavy atom. The van der Waals surface area contributed by atoms with E-state index >= 15 is 0 Å². The van der Waals surface area contributed by atoms with E-state index in [4.69, 9.17) is 15.2 Å². The first-order chi connectivity index (χ1) is 20.7. The quantitative estimate of drug-likeness (QED) is 0.403. The third-order valence-electron chi connectivity index (χ3n) is 7.80. The number of halogens is 2. The van der Waals surface area contributed by atoms with E-state index < -0.39 is 64.9 Å². The second-order valence-electron chi connectivity index (χ2n) is 12.1. The minimum Gasteiger partial charge on any atom is -0.444 e. The zero-order valence-electron chi connectivity index (χ0n) is 25.5. The highest BCUT2D eigenvalue weighted by Crippen LogP contribution is 2.38. The molecule has 0 aliphatic carbocycles. The zero-order chi connectivity index (χ0) is 32.3. The van der Waals surface area contributed by atoms with Crippen LogP contribution in [-0.4, -0.2) is 71.6 Å². The number of carbonyl (C=O) groups is 4. The van der Waals surface area contributed by atoms with Crippen molar-refractivity contribution in [1.82, 2.24) is 15.1 Å². The minimum atomic E-state index is -1.27. The Morgan fingerprint density at radius 3 is 2.34 bits per heavy atom. The summed E-state index contributed by atoms with van der Waals surface area (Å²) in [6, 6.07) is 4.64. The number of nitrogens with zero attached hydrogens (tertiary/aromatic N) is 2. The number of nitrogen functional groups attached to an aromatic ring is 1. The van der Waals surface area contributed by atoms with Crippen LogP contribution in [-0.2, 0) is 30.4 Å². The van der Waals surface area contributed by atoms with E-state index in [2.05, 4.69) is 10.6 Å². The molecule has 1 saturated heterocycles. The summed E-state index contributed by atoms with van der Waals surface area (Å²) in [7, 11) is 1.42. The van der Waals surface area contributed by atoms with Gasteiger partial charge in [0, 0.05) is 32.5 Å². The van der Waals surface area contributed by atoms with Gasteiger partial charge in [-0.1, -0.05) is 12.1 Å². The van der Waals surface area contributed by atoms with Gasteiger partial charge in [-0.3, -0.25) is 19.3 Å². The van der Waals surface area contributed by atoms with Gasteiger partial charge in [-0.2, -0.15) is 0 Å². The SMILES string of the molecule is CC(C(=O)NC(C(=O)N1Cc2cc(N)ccc2[C@H]1C(=O)Nc1c(F)cccc1F)C1CCOCC1)N(C)C(=O)OC(C)(C)C.